The molecule has 0 aromatic rings. The highest BCUT2D eigenvalue weighted by Gasteiger charge is 2.45. The summed E-state index contributed by atoms with van der Waals surface area (Å²) in [5, 5.41) is 3.15. The van der Waals surface area contributed by atoms with Gasteiger partial charge in [0.25, 0.3) is 0 Å². The van der Waals surface area contributed by atoms with E-state index in [9.17, 15) is 4.79 Å². The van der Waals surface area contributed by atoms with Gasteiger partial charge in [0.1, 0.15) is 0 Å². The number of carbonyl (C=O) groups excluding carboxylic acids is 1. The molecule has 18 heavy (non-hydrogen) atoms. The zero-order valence-electron chi connectivity index (χ0n) is 11.5. The van der Waals surface area contributed by atoms with E-state index in [1.165, 1.54) is 12.8 Å². The first kappa shape index (κ1) is 13.8. The van der Waals surface area contributed by atoms with E-state index in [4.69, 9.17) is 10.5 Å². The van der Waals surface area contributed by atoms with E-state index in [2.05, 4.69) is 5.32 Å². The first-order valence-corrected chi connectivity index (χ1v) is 7.14. The van der Waals surface area contributed by atoms with E-state index in [-0.39, 0.29) is 11.3 Å². The Morgan fingerprint density at radius 1 is 1.28 bits per heavy atom. The molecule has 0 heterocycles. The molecule has 0 bridgehead atoms. The van der Waals surface area contributed by atoms with Crippen LogP contribution in [0.3, 0.4) is 0 Å². The minimum absolute atomic E-state index is 0.186. The van der Waals surface area contributed by atoms with Crippen molar-refractivity contribution in [1.29, 1.82) is 0 Å². The van der Waals surface area contributed by atoms with Crippen LogP contribution in [0.2, 0.25) is 0 Å². The highest BCUT2D eigenvalue weighted by molar-refractivity contribution is 5.83. The van der Waals surface area contributed by atoms with Gasteiger partial charge in [-0.1, -0.05) is 12.8 Å². The van der Waals surface area contributed by atoms with Crippen molar-refractivity contribution in [2.75, 3.05) is 26.8 Å². The van der Waals surface area contributed by atoms with Crippen molar-refractivity contribution in [2.24, 2.45) is 16.6 Å². The monoisotopic (exact) mass is 254 g/mol. The average Bonchev–Trinajstić information content (AvgIpc) is 2.99. The molecule has 4 nitrogen and oxygen atoms in total. The van der Waals surface area contributed by atoms with Crippen molar-refractivity contribution >= 4 is 5.91 Å². The lowest BCUT2D eigenvalue weighted by Gasteiger charge is -2.27. The van der Waals surface area contributed by atoms with Crippen molar-refractivity contribution in [3.8, 4) is 0 Å². The Balaban J connectivity index is 1.81. The highest BCUT2D eigenvalue weighted by atomic mass is 16.5. The molecule has 0 unspecified atom stereocenters. The normalized spacial score (nSPS) is 23.9. The van der Waals surface area contributed by atoms with Gasteiger partial charge in [-0.2, -0.15) is 0 Å². The van der Waals surface area contributed by atoms with Crippen LogP contribution >= 0.6 is 0 Å². The number of amides is 1. The first-order valence-electron chi connectivity index (χ1n) is 7.14. The van der Waals surface area contributed by atoms with Gasteiger partial charge in [0.2, 0.25) is 5.91 Å². The maximum atomic E-state index is 12.3. The van der Waals surface area contributed by atoms with Crippen LogP contribution < -0.4 is 11.1 Å². The molecule has 2 rings (SSSR count). The minimum atomic E-state index is -0.267. The van der Waals surface area contributed by atoms with Crippen LogP contribution in [0, 0.1) is 10.8 Å². The fourth-order valence-corrected chi connectivity index (χ4v) is 3.04. The second-order valence-electron chi connectivity index (χ2n) is 6.12. The standard InChI is InChI=1S/C14H26N2O2/c1-18-9-8-13(6-7-13)11-16-12(17)14(10-15)4-2-3-5-14/h2-11,15H2,1H3,(H,16,17). The molecule has 0 saturated heterocycles. The fourth-order valence-electron chi connectivity index (χ4n) is 3.04. The molecule has 1 amide bonds. The second kappa shape index (κ2) is 5.57. The predicted octanol–water partition coefficient (Wildman–Crippen LogP) is 1.44. The van der Waals surface area contributed by atoms with Gasteiger partial charge in [-0.15, -0.1) is 0 Å². The molecule has 0 aromatic carbocycles. The second-order valence-corrected chi connectivity index (χ2v) is 6.12. The summed E-state index contributed by atoms with van der Waals surface area (Å²) in [4.78, 5) is 12.3. The lowest BCUT2D eigenvalue weighted by atomic mass is 9.85. The molecule has 3 N–H and O–H groups in total. The Labute approximate surface area is 110 Å². The zero-order valence-corrected chi connectivity index (χ0v) is 11.5. The highest BCUT2D eigenvalue weighted by Crippen LogP contribution is 2.48. The van der Waals surface area contributed by atoms with Gasteiger partial charge in [0, 0.05) is 26.8 Å². The fraction of sp³-hybridized carbons (Fsp3) is 0.929. The Bertz CT molecular complexity index is 294. The smallest absolute Gasteiger partial charge is 0.227 e. The van der Waals surface area contributed by atoms with Crippen LogP contribution in [-0.4, -0.2) is 32.7 Å². The van der Waals surface area contributed by atoms with Crippen molar-refractivity contribution in [3.05, 3.63) is 0 Å². The van der Waals surface area contributed by atoms with Crippen LogP contribution in [0.15, 0.2) is 0 Å². The van der Waals surface area contributed by atoms with Crippen molar-refractivity contribution < 1.29 is 9.53 Å². The lowest BCUT2D eigenvalue weighted by molar-refractivity contribution is -0.130. The van der Waals surface area contributed by atoms with Gasteiger partial charge in [0.15, 0.2) is 0 Å². The van der Waals surface area contributed by atoms with Gasteiger partial charge in [0.05, 0.1) is 5.41 Å². The predicted molar refractivity (Wildman–Crippen MR) is 71.1 cm³/mol. The molecule has 0 aromatic heterocycles. The van der Waals surface area contributed by atoms with E-state index < -0.39 is 0 Å². The molecule has 0 radical (unpaired) electrons. The lowest BCUT2D eigenvalue weighted by Crippen LogP contribution is -2.45. The van der Waals surface area contributed by atoms with E-state index in [1.54, 1.807) is 7.11 Å². The summed E-state index contributed by atoms with van der Waals surface area (Å²) >= 11 is 0. The molecule has 4 heteroatoms. The quantitative estimate of drug-likeness (QED) is 0.722. The Kier molecular flexibility index (Phi) is 4.28. The number of nitrogens with one attached hydrogen (secondary N) is 1. The van der Waals surface area contributed by atoms with Gasteiger partial charge in [-0.05, 0) is 37.5 Å². The third-order valence-corrected chi connectivity index (χ3v) is 4.85. The number of carbonyl (C=O) groups is 1. The third-order valence-electron chi connectivity index (χ3n) is 4.85. The van der Waals surface area contributed by atoms with Crippen molar-refractivity contribution in [1.82, 2.24) is 5.32 Å². The number of methoxy groups -OCH3 is 1. The number of ether oxygens (including phenoxy) is 1. The van der Waals surface area contributed by atoms with Crippen molar-refractivity contribution in [2.45, 2.75) is 44.9 Å². The molecule has 2 aliphatic carbocycles. The van der Waals surface area contributed by atoms with Gasteiger partial charge < -0.3 is 15.8 Å². The molecule has 0 atom stereocenters. The molecule has 2 saturated carbocycles. The summed E-state index contributed by atoms with van der Waals surface area (Å²) in [6.07, 6.45) is 7.68. The van der Waals surface area contributed by atoms with Crippen LogP contribution in [0.1, 0.15) is 44.9 Å². The molecule has 0 aliphatic heterocycles. The summed E-state index contributed by atoms with van der Waals surface area (Å²) in [5.41, 5.74) is 5.88. The van der Waals surface area contributed by atoms with Gasteiger partial charge >= 0.3 is 0 Å². The largest absolute Gasteiger partial charge is 0.385 e. The molecular weight excluding hydrogens is 228 g/mol. The molecule has 0 spiro atoms. The number of hydrogen-bond acceptors (Lipinski definition) is 3. The maximum absolute atomic E-state index is 12.3. The summed E-state index contributed by atoms with van der Waals surface area (Å²) in [6.45, 7) is 2.08. The third kappa shape index (κ3) is 2.86. The van der Waals surface area contributed by atoms with E-state index in [0.717, 1.165) is 45.3 Å². The Hall–Kier alpha value is -0.610. The summed E-state index contributed by atoms with van der Waals surface area (Å²) in [5.74, 6) is 0.186. The van der Waals surface area contributed by atoms with Crippen LogP contribution in [0.4, 0.5) is 0 Å². The number of nitrogens with two attached hydrogens (primary N) is 1. The van der Waals surface area contributed by atoms with E-state index in [0.29, 0.717) is 12.0 Å². The first-order chi connectivity index (χ1) is 8.66. The zero-order chi connectivity index (χ0) is 13.1. The summed E-state index contributed by atoms with van der Waals surface area (Å²) in [6, 6.07) is 0. The van der Waals surface area contributed by atoms with Crippen LogP contribution in [-0.2, 0) is 9.53 Å². The molecular formula is C14H26N2O2. The molecule has 104 valence electrons. The average molecular weight is 254 g/mol. The van der Waals surface area contributed by atoms with Gasteiger partial charge in [-0.3, -0.25) is 4.79 Å². The Morgan fingerprint density at radius 2 is 1.94 bits per heavy atom. The number of hydrogen-bond donors (Lipinski definition) is 2. The van der Waals surface area contributed by atoms with Crippen molar-refractivity contribution in [3.63, 3.8) is 0 Å². The number of rotatable bonds is 7. The SMILES string of the molecule is COCCC1(CNC(=O)C2(CN)CCCC2)CC1. The molecule has 2 aliphatic rings. The van der Waals surface area contributed by atoms with Crippen LogP contribution in [0.25, 0.3) is 0 Å². The molecule has 2 fully saturated rings. The topological polar surface area (TPSA) is 64.3 Å². The minimum Gasteiger partial charge on any atom is -0.385 e. The van der Waals surface area contributed by atoms with E-state index >= 15 is 0 Å². The summed E-state index contributed by atoms with van der Waals surface area (Å²) in [7, 11) is 1.73. The van der Waals surface area contributed by atoms with Gasteiger partial charge in [-0.25, -0.2) is 0 Å². The Morgan fingerprint density at radius 3 is 2.44 bits per heavy atom. The van der Waals surface area contributed by atoms with Crippen LogP contribution in [0.5, 0.6) is 0 Å². The van der Waals surface area contributed by atoms with E-state index in [1.807, 2.05) is 0 Å². The summed E-state index contributed by atoms with van der Waals surface area (Å²) < 4.78 is 5.13. The maximum Gasteiger partial charge on any atom is 0.227 e.